The molecule has 0 bridgehead atoms. The number of fused-ring (bicyclic) bond motifs is 2. The SMILES string of the molecule is COc1cc(OC)c2c(c1Cl)OC1(C(=O)C=C(NCCc3nnc4ccccn34)CC1C)C2=O. The molecular weight excluding hydrogens is 460 g/mol. The van der Waals surface area contributed by atoms with Gasteiger partial charge in [0.25, 0.3) is 0 Å². The van der Waals surface area contributed by atoms with Gasteiger partial charge in [0.15, 0.2) is 11.4 Å². The molecule has 0 saturated heterocycles. The lowest BCUT2D eigenvalue weighted by Gasteiger charge is -2.35. The van der Waals surface area contributed by atoms with E-state index >= 15 is 0 Å². The third-order valence-electron chi connectivity index (χ3n) is 6.40. The van der Waals surface area contributed by atoms with Crippen LogP contribution in [0.4, 0.5) is 0 Å². The van der Waals surface area contributed by atoms with E-state index in [1.54, 1.807) is 0 Å². The van der Waals surface area contributed by atoms with Gasteiger partial charge >= 0.3 is 0 Å². The minimum atomic E-state index is -1.68. The number of ether oxygens (including phenoxy) is 3. The summed E-state index contributed by atoms with van der Waals surface area (Å²) in [5, 5.41) is 11.8. The monoisotopic (exact) mass is 482 g/mol. The predicted octanol–water partition coefficient (Wildman–Crippen LogP) is 3.04. The van der Waals surface area contributed by atoms with Crippen LogP contribution in [0.25, 0.3) is 5.65 Å². The fraction of sp³-hybridized carbons (Fsp3) is 0.333. The van der Waals surface area contributed by atoms with E-state index in [9.17, 15) is 9.59 Å². The van der Waals surface area contributed by atoms with Crippen molar-refractivity contribution < 1.29 is 23.8 Å². The molecule has 0 radical (unpaired) electrons. The highest BCUT2D eigenvalue weighted by molar-refractivity contribution is 6.36. The van der Waals surface area contributed by atoms with Gasteiger partial charge in [0, 0.05) is 42.9 Å². The topological polar surface area (TPSA) is 104 Å². The Labute approximate surface area is 200 Å². The van der Waals surface area contributed by atoms with Gasteiger partial charge in [0.05, 0.1) is 14.2 Å². The van der Waals surface area contributed by atoms with Crippen LogP contribution in [-0.4, -0.2) is 52.5 Å². The van der Waals surface area contributed by atoms with E-state index in [2.05, 4.69) is 15.5 Å². The lowest BCUT2D eigenvalue weighted by molar-refractivity contribution is -0.129. The van der Waals surface area contributed by atoms with Crippen molar-refractivity contribution in [1.29, 1.82) is 0 Å². The standard InChI is InChI=1S/C24H23ClN4O5/c1-13-10-14(26-8-7-19-28-27-18-6-4-5-9-29(18)19)11-17(30)24(13)23(31)20-15(32-2)12-16(33-3)21(25)22(20)34-24/h4-6,9,11-13,26H,7-8,10H2,1-3H3. The van der Waals surface area contributed by atoms with Crippen molar-refractivity contribution in [3.8, 4) is 17.2 Å². The third-order valence-corrected chi connectivity index (χ3v) is 6.75. The van der Waals surface area contributed by atoms with Gasteiger partial charge in [-0.2, -0.15) is 0 Å². The summed E-state index contributed by atoms with van der Waals surface area (Å²) in [6, 6.07) is 7.24. The molecule has 10 heteroatoms. The molecule has 0 fully saturated rings. The highest BCUT2D eigenvalue weighted by atomic mass is 35.5. The molecule has 0 saturated carbocycles. The van der Waals surface area contributed by atoms with E-state index in [0.717, 1.165) is 17.2 Å². The number of benzene rings is 1. The Bertz CT molecular complexity index is 1350. The maximum Gasteiger partial charge on any atom is 0.236 e. The van der Waals surface area contributed by atoms with Crippen LogP contribution in [0.2, 0.25) is 5.02 Å². The molecule has 9 nitrogen and oxygen atoms in total. The Hall–Kier alpha value is -3.59. The second-order valence-corrected chi connectivity index (χ2v) is 8.70. The molecule has 3 heterocycles. The van der Waals surface area contributed by atoms with Gasteiger partial charge in [0.1, 0.15) is 27.9 Å². The first-order valence-electron chi connectivity index (χ1n) is 10.9. The minimum Gasteiger partial charge on any atom is -0.496 e. The molecular formula is C24H23ClN4O5. The van der Waals surface area contributed by atoms with Crippen molar-refractivity contribution in [2.75, 3.05) is 20.8 Å². The Kier molecular flexibility index (Phi) is 5.44. The highest BCUT2D eigenvalue weighted by Gasteiger charge is 2.60. The number of nitrogens with zero attached hydrogens (tertiary/aromatic N) is 3. The van der Waals surface area contributed by atoms with Crippen LogP contribution in [-0.2, 0) is 11.2 Å². The Balaban J connectivity index is 1.37. The van der Waals surface area contributed by atoms with Crippen molar-refractivity contribution in [2.24, 2.45) is 5.92 Å². The first kappa shape index (κ1) is 22.2. The van der Waals surface area contributed by atoms with Gasteiger partial charge in [0.2, 0.25) is 17.2 Å². The van der Waals surface area contributed by atoms with E-state index in [-0.39, 0.29) is 22.1 Å². The number of carbonyl (C=O) groups is 2. The quantitative estimate of drug-likeness (QED) is 0.535. The number of rotatable bonds is 6. The molecule has 0 amide bonds. The number of methoxy groups -OCH3 is 2. The normalized spacial score (nSPS) is 21.4. The third kappa shape index (κ3) is 3.22. The molecule has 2 aliphatic rings. The van der Waals surface area contributed by atoms with Crippen molar-refractivity contribution >= 4 is 28.8 Å². The van der Waals surface area contributed by atoms with Gasteiger partial charge in [-0.05, 0) is 18.6 Å². The van der Waals surface area contributed by atoms with Gasteiger partial charge < -0.3 is 19.5 Å². The number of aromatic nitrogens is 3. The molecule has 1 aliphatic heterocycles. The van der Waals surface area contributed by atoms with Crippen molar-refractivity contribution in [1.82, 2.24) is 19.9 Å². The summed E-state index contributed by atoms with van der Waals surface area (Å²) in [7, 11) is 2.89. The number of allylic oxidation sites excluding steroid dienone is 1. The predicted molar refractivity (Wildman–Crippen MR) is 124 cm³/mol. The Morgan fingerprint density at radius 3 is 2.76 bits per heavy atom. The fourth-order valence-electron chi connectivity index (χ4n) is 4.65. The molecule has 34 heavy (non-hydrogen) atoms. The second-order valence-electron chi connectivity index (χ2n) is 8.33. The van der Waals surface area contributed by atoms with Gasteiger partial charge in [-0.1, -0.05) is 24.6 Å². The number of hydrogen-bond acceptors (Lipinski definition) is 8. The van der Waals surface area contributed by atoms with Crippen LogP contribution < -0.4 is 19.5 Å². The van der Waals surface area contributed by atoms with Gasteiger partial charge in [-0.25, -0.2) is 0 Å². The van der Waals surface area contributed by atoms with Crippen LogP contribution in [0.15, 0.2) is 42.2 Å². The molecule has 3 aromatic rings. The summed E-state index contributed by atoms with van der Waals surface area (Å²) < 4.78 is 18.6. The van der Waals surface area contributed by atoms with Crippen molar-refractivity contribution in [3.63, 3.8) is 0 Å². The number of Topliss-reactive ketones (excluding diaryl/α,β-unsaturated/α-hetero) is 1. The molecule has 2 aromatic heterocycles. The maximum atomic E-state index is 13.5. The number of pyridine rings is 1. The number of ketones is 2. The summed E-state index contributed by atoms with van der Waals surface area (Å²) in [6.45, 7) is 2.38. The average molecular weight is 483 g/mol. The average Bonchev–Trinajstić information content (AvgIpc) is 3.38. The van der Waals surface area contributed by atoms with Crippen LogP contribution in [0, 0.1) is 5.92 Å². The number of hydrogen-bond donors (Lipinski definition) is 1. The van der Waals surface area contributed by atoms with Crippen molar-refractivity contribution in [3.05, 3.63) is 58.6 Å². The fourth-order valence-corrected chi connectivity index (χ4v) is 4.91. The first-order chi connectivity index (χ1) is 16.4. The summed E-state index contributed by atoms with van der Waals surface area (Å²) in [4.78, 5) is 26.9. The summed E-state index contributed by atoms with van der Waals surface area (Å²) >= 11 is 6.42. The van der Waals surface area contributed by atoms with Gasteiger partial charge in [-0.15, -0.1) is 10.2 Å². The van der Waals surface area contributed by atoms with Crippen molar-refractivity contribution in [2.45, 2.75) is 25.4 Å². The molecule has 1 aliphatic carbocycles. The number of halogens is 1. The molecule has 2 atom stereocenters. The maximum absolute atomic E-state index is 13.5. The van der Waals surface area contributed by atoms with E-state index in [4.69, 9.17) is 25.8 Å². The molecule has 5 rings (SSSR count). The van der Waals surface area contributed by atoms with E-state index < -0.39 is 23.1 Å². The van der Waals surface area contributed by atoms with Crippen LogP contribution in [0.1, 0.15) is 29.5 Å². The lowest BCUT2D eigenvalue weighted by atomic mass is 9.74. The lowest BCUT2D eigenvalue weighted by Crippen LogP contribution is -2.55. The Morgan fingerprint density at radius 1 is 1.24 bits per heavy atom. The molecule has 176 valence electrons. The molecule has 1 aromatic carbocycles. The number of nitrogens with one attached hydrogen (secondary N) is 1. The Morgan fingerprint density at radius 2 is 2.03 bits per heavy atom. The van der Waals surface area contributed by atoms with E-state index in [0.29, 0.717) is 25.1 Å². The summed E-state index contributed by atoms with van der Waals surface area (Å²) in [6.07, 6.45) is 4.42. The summed E-state index contributed by atoms with van der Waals surface area (Å²) in [5.74, 6) is 0.172. The molecule has 2 unspecified atom stereocenters. The smallest absolute Gasteiger partial charge is 0.236 e. The van der Waals surface area contributed by atoms with E-state index in [1.807, 2.05) is 35.7 Å². The first-order valence-corrected chi connectivity index (χ1v) is 11.2. The molecule has 1 N–H and O–H groups in total. The van der Waals surface area contributed by atoms with Crippen LogP contribution in [0.5, 0.6) is 17.2 Å². The van der Waals surface area contributed by atoms with Gasteiger partial charge in [-0.3, -0.25) is 14.0 Å². The zero-order valence-corrected chi connectivity index (χ0v) is 19.7. The number of carbonyl (C=O) groups excluding carboxylic acids is 2. The zero-order chi connectivity index (χ0) is 24.0. The summed E-state index contributed by atoms with van der Waals surface area (Å²) in [5.41, 5.74) is -0.000696. The minimum absolute atomic E-state index is 0.117. The van der Waals surface area contributed by atoms with E-state index in [1.165, 1.54) is 26.4 Å². The molecule has 1 spiro atoms. The zero-order valence-electron chi connectivity index (χ0n) is 18.9. The second kappa shape index (κ2) is 8.32. The highest BCUT2D eigenvalue weighted by Crippen LogP contribution is 2.52. The van der Waals surface area contributed by atoms with Crippen LogP contribution >= 0.6 is 11.6 Å². The largest absolute Gasteiger partial charge is 0.496 e. The van der Waals surface area contributed by atoms with Crippen LogP contribution in [0.3, 0.4) is 0 Å².